The minimum absolute atomic E-state index is 0.116. The average molecular weight is 609 g/mol. The number of ether oxygens (including phenoxy) is 1. The van der Waals surface area contributed by atoms with Gasteiger partial charge in [0.05, 0.1) is 13.0 Å². The van der Waals surface area contributed by atoms with E-state index < -0.39 is 36.0 Å². The van der Waals surface area contributed by atoms with Crippen LogP contribution in [0.2, 0.25) is 0 Å². The average Bonchev–Trinajstić information content (AvgIpc) is 3.41. The van der Waals surface area contributed by atoms with Crippen molar-refractivity contribution in [1.82, 2.24) is 20.9 Å². The van der Waals surface area contributed by atoms with Crippen molar-refractivity contribution in [3.05, 3.63) is 28.2 Å². The lowest BCUT2D eigenvalue weighted by atomic mass is 10.0. The molecule has 3 amide bonds. The molecule has 1 aliphatic rings. The number of carbonyl (C=O) groups excluding carboxylic acids is 5. The van der Waals surface area contributed by atoms with Crippen molar-refractivity contribution >= 4 is 51.9 Å². The number of hydrogen-bond donors (Lipinski definition) is 3. The topological polar surface area (TPSA) is 144 Å². The largest absolute Gasteiger partial charge is 0.456 e. The van der Waals surface area contributed by atoms with Gasteiger partial charge in [-0.3, -0.25) is 19.2 Å². The van der Waals surface area contributed by atoms with Gasteiger partial charge in [-0.25, -0.2) is 9.78 Å². The molecule has 12 heteroatoms. The van der Waals surface area contributed by atoms with E-state index in [0.29, 0.717) is 30.0 Å². The maximum absolute atomic E-state index is 13.2. The van der Waals surface area contributed by atoms with E-state index in [1.165, 1.54) is 35.9 Å². The van der Waals surface area contributed by atoms with Crippen LogP contribution in [-0.4, -0.2) is 57.7 Å². The summed E-state index contributed by atoms with van der Waals surface area (Å²) >= 11 is 2.52. The van der Waals surface area contributed by atoms with Gasteiger partial charge in [0.25, 0.3) is 5.91 Å². The number of nitrogens with one attached hydrogen (secondary N) is 3. The minimum atomic E-state index is -0.975. The van der Waals surface area contributed by atoms with Gasteiger partial charge in [-0.1, -0.05) is 71.2 Å². The fourth-order valence-corrected chi connectivity index (χ4v) is 5.55. The molecule has 1 aromatic heterocycles. The zero-order chi connectivity index (χ0) is 30.2. The molecule has 2 bridgehead atoms. The van der Waals surface area contributed by atoms with Crippen molar-refractivity contribution in [3.8, 4) is 0 Å². The number of cyclic esters (lactones) is 1. The van der Waals surface area contributed by atoms with E-state index in [4.69, 9.17) is 4.74 Å². The Morgan fingerprint density at radius 2 is 1.90 bits per heavy atom. The van der Waals surface area contributed by atoms with E-state index in [9.17, 15) is 24.0 Å². The van der Waals surface area contributed by atoms with Crippen LogP contribution in [-0.2, 0) is 30.5 Å². The molecule has 0 aromatic carbocycles. The summed E-state index contributed by atoms with van der Waals surface area (Å²) in [5.41, 5.74) is 0.158. The first kappa shape index (κ1) is 34.5. The van der Waals surface area contributed by atoms with Crippen molar-refractivity contribution in [1.29, 1.82) is 0 Å². The molecule has 0 saturated heterocycles. The quantitative estimate of drug-likeness (QED) is 0.181. The highest BCUT2D eigenvalue weighted by Gasteiger charge is 2.31. The minimum Gasteiger partial charge on any atom is -0.456 e. The Labute approximate surface area is 251 Å². The molecular formula is C29H44N4O6S2. The SMILES string of the molecule is CCCCCCCC(=O)SCCC=C[C@@H]1CC(=O)NCc2nc(cs2)C(=O)NC(CC)C(=O)N[C@@H](C(C)C)C(=O)O1. The standard InChI is InChI=1S/C29H44N4O6S2/c1-5-7-8-9-10-14-25(35)40-15-12-11-13-20-16-23(34)30-17-24-31-22(18-41-24)28(37)32-21(6-2)27(36)33-26(19(3)4)29(38)39-20/h11,13,18-21,26H,5-10,12,14-17H2,1-4H3,(H,30,34)(H,32,37)(H,33,36)/t20-,21?,26+/m1/s1. The van der Waals surface area contributed by atoms with Crippen molar-refractivity contribution in [2.75, 3.05) is 5.75 Å². The number of amides is 3. The number of hydrogen-bond acceptors (Lipinski definition) is 9. The summed E-state index contributed by atoms with van der Waals surface area (Å²) in [7, 11) is 0. The number of unbranched alkanes of at least 4 members (excludes halogenated alkanes) is 4. The van der Waals surface area contributed by atoms with Crippen LogP contribution in [0.3, 0.4) is 0 Å². The number of nitrogens with zero attached hydrogens (tertiary/aromatic N) is 1. The molecule has 3 N–H and O–H groups in total. The third-order valence-corrected chi connectivity index (χ3v) is 8.32. The third kappa shape index (κ3) is 12.8. The molecule has 2 rings (SSSR count). The molecule has 228 valence electrons. The molecule has 0 fully saturated rings. The second-order valence-corrected chi connectivity index (χ2v) is 12.4. The highest BCUT2D eigenvalue weighted by atomic mass is 32.2. The van der Waals surface area contributed by atoms with Gasteiger partial charge in [-0.2, -0.15) is 0 Å². The normalized spacial score (nSPS) is 21.0. The van der Waals surface area contributed by atoms with Crippen LogP contribution in [0.15, 0.2) is 17.5 Å². The zero-order valence-corrected chi connectivity index (χ0v) is 26.2. The van der Waals surface area contributed by atoms with Gasteiger partial charge in [0.2, 0.25) is 11.8 Å². The van der Waals surface area contributed by atoms with Gasteiger partial charge >= 0.3 is 5.97 Å². The Morgan fingerprint density at radius 1 is 1.15 bits per heavy atom. The highest BCUT2D eigenvalue weighted by molar-refractivity contribution is 8.13. The van der Waals surface area contributed by atoms with Crippen LogP contribution < -0.4 is 16.0 Å². The Morgan fingerprint density at radius 3 is 2.61 bits per heavy atom. The summed E-state index contributed by atoms with van der Waals surface area (Å²) < 4.78 is 5.70. The van der Waals surface area contributed by atoms with Crippen molar-refractivity contribution in [2.24, 2.45) is 5.92 Å². The molecule has 1 aromatic rings. The van der Waals surface area contributed by atoms with Crippen molar-refractivity contribution in [2.45, 2.75) is 110 Å². The predicted molar refractivity (Wildman–Crippen MR) is 161 cm³/mol. The number of rotatable bonds is 12. The lowest BCUT2D eigenvalue weighted by Crippen LogP contribution is -2.53. The van der Waals surface area contributed by atoms with Crippen LogP contribution in [0.1, 0.15) is 101 Å². The zero-order valence-electron chi connectivity index (χ0n) is 24.5. The summed E-state index contributed by atoms with van der Waals surface area (Å²) in [5, 5.41) is 10.4. The van der Waals surface area contributed by atoms with Crippen LogP contribution in [0.4, 0.5) is 0 Å². The monoisotopic (exact) mass is 608 g/mol. The Balaban J connectivity index is 2.08. The summed E-state index contributed by atoms with van der Waals surface area (Å²) in [5.74, 6) is -1.74. The summed E-state index contributed by atoms with van der Waals surface area (Å²) in [6, 6.07) is -1.83. The number of aromatic nitrogens is 1. The second kappa shape index (κ2) is 18.7. The van der Waals surface area contributed by atoms with Crippen LogP contribution in [0.5, 0.6) is 0 Å². The van der Waals surface area contributed by atoms with Gasteiger partial charge in [-0.15, -0.1) is 11.3 Å². The number of thiazole rings is 1. The molecule has 3 atom stereocenters. The number of carbonyl (C=O) groups is 5. The third-order valence-electron chi connectivity index (χ3n) is 6.51. The summed E-state index contributed by atoms with van der Waals surface area (Å²) in [6.07, 6.45) is 9.46. The fourth-order valence-electron chi connectivity index (χ4n) is 4.07. The van der Waals surface area contributed by atoms with E-state index in [-0.39, 0.29) is 35.6 Å². The predicted octanol–water partition coefficient (Wildman–Crippen LogP) is 4.29. The maximum Gasteiger partial charge on any atom is 0.329 e. The lowest BCUT2D eigenvalue weighted by Gasteiger charge is -2.25. The molecule has 0 spiro atoms. The van der Waals surface area contributed by atoms with E-state index >= 15 is 0 Å². The van der Waals surface area contributed by atoms with Crippen LogP contribution >= 0.6 is 23.1 Å². The molecule has 2 heterocycles. The fraction of sp³-hybridized carbons (Fsp3) is 0.655. The molecule has 10 nitrogen and oxygen atoms in total. The lowest BCUT2D eigenvalue weighted by molar-refractivity contribution is -0.153. The number of esters is 1. The molecular weight excluding hydrogens is 564 g/mol. The van der Waals surface area contributed by atoms with Crippen molar-refractivity contribution in [3.63, 3.8) is 0 Å². The van der Waals surface area contributed by atoms with E-state index in [1.807, 2.05) is 6.08 Å². The van der Waals surface area contributed by atoms with Gasteiger partial charge < -0.3 is 20.7 Å². The van der Waals surface area contributed by atoms with E-state index in [1.54, 1.807) is 32.2 Å². The molecule has 0 radical (unpaired) electrons. The molecule has 41 heavy (non-hydrogen) atoms. The summed E-state index contributed by atoms with van der Waals surface area (Å²) in [6.45, 7) is 7.58. The van der Waals surface area contributed by atoms with Gasteiger partial charge in [0.15, 0.2) is 5.12 Å². The smallest absolute Gasteiger partial charge is 0.329 e. The van der Waals surface area contributed by atoms with Crippen molar-refractivity contribution < 1.29 is 28.7 Å². The first-order valence-corrected chi connectivity index (χ1v) is 16.4. The first-order valence-electron chi connectivity index (χ1n) is 14.5. The molecule has 1 unspecified atom stereocenters. The highest BCUT2D eigenvalue weighted by Crippen LogP contribution is 2.15. The summed E-state index contributed by atoms with van der Waals surface area (Å²) in [4.78, 5) is 67.9. The Kier molecular flexibility index (Phi) is 15.7. The maximum atomic E-state index is 13.2. The van der Waals surface area contributed by atoms with Crippen LogP contribution in [0, 0.1) is 5.92 Å². The van der Waals surface area contributed by atoms with Gasteiger partial charge in [-0.05, 0) is 31.3 Å². The molecule has 1 aliphatic heterocycles. The van der Waals surface area contributed by atoms with E-state index in [0.717, 1.165) is 19.3 Å². The Bertz CT molecular complexity index is 1060. The number of thioether (sulfide) groups is 1. The second-order valence-electron chi connectivity index (χ2n) is 10.3. The Hall–Kier alpha value is -2.73. The number of fused-ring (bicyclic) bond motifs is 2. The van der Waals surface area contributed by atoms with Gasteiger partial charge in [0, 0.05) is 17.6 Å². The van der Waals surface area contributed by atoms with E-state index in [2.05, 4.69) is 27.9 Å². The molecule has 0 aliphatic carbocycles. The molecule has 0 saturated carbocycles. The number of allylic oxidation sites excluding steroid dienone is 1. The first-order chi connectivity index (χ1) is 19.6. The van der Waals surface area contributed by atoms with Crippen LogP contribution in [0.25, 0.3) is 0 Å². The van der Waals surface area contributed by atoms with Gasteiger partial charge in [0.1, 0.15) is 28.9 Å².